The predicted molar refractivity (Wildman–Crippen MR) is 107 cm³/mol. The van der Waals surface area contributed by atoms with Gasteiger partial charge in [-0.2, -0.15) is 0 Å². The molecule has 1 saturated carbocycles. The van der Waals surface area contributed by atoms with Crippen molar-refractivity contribution in [2.45, 2.75) is 37.6 Å². The molecule has 0 saturated heterocycles. The van der Waals surface area contributed by atoms with Gasteiger partial charge in [0.05, 0.1) is 0 Å². The normalized spacial score (nSPS) is 13.7. The van der Waals surface area contributed by atoms with Crippen LogP contribution in [-0.2, 0) is 11.3 Å². The van der Waals surface area contributed by atoms with E-state index in [0.29, 0.717) is 18.9 Å². The fraction of sp³-hybridized carbons (Fsp3) is 0.304. The second-order valence-corrected chi connectivity index (χ2v) is 7.18. The highest BCUT2D eigenvalue weighted by molar-refractivity contribution is 5.77. The van der Waals surface area contributed by atoms with Crippen molar-refractivity contribution in [3.05, 3.63) is 90.0 Å². The number of benzene rings is 2. The van der Waals surface area contributed by atoms with Crippen molar-refractivity contribution >= 4 is 5.91 Å². The van der Waals surface area contributed by atoms with Crippen LogP contribution in [-0.4, -0.2) is 22.0 Å². The van der Waals surface area contributed by atoms with Gasteiger partial charge in [0, 0.05) is 43.7 Å². The topological polar surface area (TPSA) is 46.9 Å². The van der Waals surface area contributed by atoms with Gasteiger partial charge in [0.2, 0.25) is 5.91 Å². The van der Waals surface area contributed by atoms with Crippen LogP contribution in [0.4, 0.5) is 0 Å². The van der Waals surface area contributed by atoms with Crippen molar-refractivity contribution < 1.29 is 4.79 Å². The number of carbonyl (C=O) groups is 1. The highest BCUT2D eigenvalue weighted by atomic mass is 16.1. The van der Waals surface area contributed by atoms with Gasteiger partial charge < -0.3 is 9.88 Å². The number of nitrogens with zero attached hydrogens (tertiary/aromatic N) is 2. The van der Waals surface area contributed by atoms with Crippen LogP contribution in [0.25, 0.3) is 0 Å². The molecule has 0 radical (unpaired) electrons. The molecule has 1 aliphatic rings. The van der Waals surface area contributed by atoms with Gasteiger partial charge in [-0.05, 0) is 24.0 Å². The van der Waals surface area contributed by atoms with E-state index >= 15 is 0 Å². The van der Waals surface area contributed by atoms with Crippen LogP contribution < -0.4 is 5.32 Å². The van der Waals surface area contributed by atoms with Gasteiger partial charge in [-0.25, -0.2) is 4.98 Å². The predicted octanol–water partition coefficient (Wildman–Crippen LogP) is 4.10. The van der Waals surface area contributed by atoms with E-state index in [1.807, 2.05) is 48.8 Å². The average Bonchev–Trinajstić information content (AvgIpc) is 3.46. The first-order chi connectivity index (χ1) is 13.3. The Morgan fingerprint density at radius 3 is 2.26 bits per heavy atom. The van der Waals surface area contributed by atoms with Gasteiger partial charge in [-0.3, -0.25) is 4.79 Å². The Morgan fingerprint density at radius 1 is 1.04 bits per heavy atom. The Bertz CT molecular complexity index is 829. The molecule has 4 heteroatoms. The van der Waals surface area contributed by atoms with Crippen molar-refractivity contribution in [2.75, 3.05) is 6.54 Å². The lowest BCUT2D eigenvalue weighted by molar-refractivity contribution is -0.121. The van der Waals surface area contributed by atoms with Crippen LogP contribution in [0.5, 0.6) is 0 Å². The summed E-state index contributed by atoms with van der Waals surface area (Å²) in [6.07, 6.45) is 6.79. The highest BCUT2D eigenvalue weighted by Gasteiger charge is 2.27. The van der Waals surface area contributed by atoms with E-state index in [1.165, 1.54) is 24.0 Å². The maximum Gasteiger partial charge on any atom is 0.221 e. The van der Waals surface area contributed by atoms with Gasteiger partial charge in [-0.15, -0.1) is 0 Å². The van der Waals surface area contributed by atoms with E-state index in [1.54, 1.807) is 0 Å². The first kappa shape index (κ1) is 17.5. The second-order valence-electron chi connectivity index (χ2n) is 7.18. The third kappa shape index (κ3) is 4.45. The number of aromatic nitrogens is 2. The van der Waals surface area contributed by atoms with Gasteiger partial charge in [0.15, 0.2) is 0 Å². The number of carbonyl (C=O) groups excluding carboxylic acids is 1. The molecule has 0 atom stereocenters. The molecule has 1 heterocycles. The maximum absolute atomic E-state index is 12.6. The van der Waals surface area contributed by atoms with Crippen LogP contribution in [0, 0.1) is 0 Å². The lowest BCUT2D eigenvalue weighted by atomic mass is 9.88. The van der Waals surface area contributed by atoms with E-state index in [-0.39, 0.29) is 11.8 Å². The summed E-state index contributed by atoms with van der Waals surface area (Å²) in [4.78, 5) is 17.1. The van der Waals surface area contributed by atoms with Gasteiger partial charge in [-0.1, -0.05) is 60.7 Å². The summed E-state index contributed by atoms with van der Waals surface area (Å²) < 4.78 is 2.17. The quantitative estimate of drug-likeness (QED) is 0.658. The van der Waals surface area contributed by atoms with Crippen LogP contribution in [0.3, 0.4) is 0 Å². The second kappa shape index (κ2) is 8.21. The summed E-state index contributed by atoms with van der Waals surface area (Å²) >= 11 is 0. The first-order valence-electron chi connectivity index (χ1n) is 9.69. The largest absolute Gasteiger partial charge is 0.354 e. The molecule has 2 aromatic carbocycles. The molecule has 0 spiro atoms. The zero-order valence-electron chi connectivity index (χ0n) is 15.4. The first-order valence-corrected chi connectivity index (χ1v) is 9.69. The van der Waals surface area contributed by atoms with E-state index in [9.17, 15) is 4.79 Å². The summed E-state index contributed by atoms with van der Waals surface area (Å²) in [6, 6.07) is 20.5. The molecule has 1 aliphatic carbocycles. The van der Waals surface area contributed by atoms with Crippen LogP contribution in [0.15, 0.2) is 73.1 Å². The zero-order valence-corrected chi connectivity index (χ0v) is 15.4. The summed E-state index contributed by atoms with van der Waals surface area (Å²) in [5, 5.41) is 3.09. The van der Waals surface area contributed by atoms with Crippen molar-refractivity contribution in [2.24, 2.45) is 0 Å². The fourth-order valence-electron chi connectivity index (χ4n) is 3.58. The van der Waals surface area contributed by atoms with Crippen LogP contribution >= 0.6 is 0 Å². The third-order valence-electron chi connectivity index (χ3n) is 5.16. The van der Waals surface area contributed by atoms with Crippen molar-refractivity contribution in [3.63, 3.8) is 0 Å². The van der Waals surface area contributed by atoms with Crippen molar-refractivity contribution in [3.8, 4) is 0 Å². The standard InChI is InChI=1S/C23H25N3O/c27-22(24-13-15-26-16-14-25-23(26)20-11-12-20)17-21(18-7-3-1-4-8-18)19-9-5-2-6-10-19/h1-10,14,16,20-21H,11-13,15,17H2,(H,24,27). The Balaban J connectivity index is 1.37. The lowest BCUT2D eigenvalue weighted by Crippen LogP contribution is -2.29. The van der Waals surface area contributed by atoms with E-state index in [4.69, 9.17) is 0 Å². The molecular formula is C23H25N3O. The number of rotatable bonds is 8. The summed E-state index contributed by atoms with van der Waals surface area (Å²) in [7, 11) is 0. The minimum absolute atomic E-state index is 0.0719. The number of nitrogens with one attached hydrogen (secondary N) is 1. The summed E-state index contributed by atoms with van der Waals surface area (Å²) in [5.74, 6) is 1.94. The molecule has 27 heavy (non-hydrogen) atoms. The minimum atomic E-state index is 0.0719. The molecule has 1 N–H and O–H groups in total. The average molecular weight is 359 g/mol. The molecule has 4 rings (SSSR count). The summed E-state index contributed by atoms with van der Waals surface area (Å²) in [6.45, 7) is 1.41. The van der Waals surface area contributed by atoms with E-state index in [2.05, 4.69) is 39.1 Å². The zero-order chi connectivity index (χ0) is 18.5. The molecule has 1 fully saturated rings. The van der Waals surface area contributed by atoms with E-state index < -0.39 is 0 Å². The number of hydrogen-bond donors (Lipinski definition) is 1. The monoisotopic (exact) mass is 359 g/mol. The molecule has 1 aromatic heterocycles. The van der Waals surface area contributed by atoms with Gasteiger partial charge in [0.25, 0.3) is 0 Å². The molecule has 138 valence electrons. The smallest absolute Gasteiger partial charge is 0.221 e. The molecular weight excluding hydrogens is 334 g/mol. The number of hydrogen-bond acceptors (Lipinski definition) is 2. The number of amides is 1. The maximum atomic E-state index is 12.6. The van der Waals surface area contributed by atoms with Gasteiger partial charge >= 0.3 is 0 Å². The Morgan fingerprint density at radius 2 is 1.67 bits per heavy atom. The Kier molecular flexibility index (Phi) is 5.33. The molecule has 3 aromatic rings. The van der Waals surface area contributed by atoms with E-state index in [0.717, 1.165) is 12.4 Å². The molecule has 0 bridgehead atoms. The molecule has 0 unspecified atom stereocenters. The molecule has 1 amide bonds. The van der Waals surface area contributed by atoms with Crippen LogP contribution in [0.1, 0.15) is 48.0 Å². The lowest BCUT2D eigenvalue weighted by Gasteiger charge is -2.18. The minimum Gasteiger partial charge on any atom is -0.354 e. The van der Waals surface area contributed by atoms with Crippen molar-refractivity contribution in [1.82, 2.24) is 14.9 Å². The summed E-state index contributed by atoms with van der Waals surface area (Å²) in [5.41, 5.74) is 2.34. The highest BCUT2D eigenvalue weighted by Crippen LogP contribution is 2.38. The van der Waals surface area contributed by atoms with Crippen LogP contribution in [0.2, 0.25) is 0 Å². The molecule has 4 nitrogen and oxygen atoms in total. The SMILES string of the molecule is O=C(CC(c1ccccc1)c1ccccc1)NCCn1ccnc1C1CC1. The molecule has 0 aliphatic heterocycles. The Labute approximate surface area is 160 Å². The fourth-order valence-corrected chi connectivity index (χ4v) is 3.58. The van der Waals surface area contributed by atoms with Crippen molar-refractivity contribution in [1.29, 1.82) is 0 Å². The third-order valence-corrected chi connectivity index (χ3v) is 5.16. The van der Waals surface area contributed by atoms with Gasteiger partial charge in [0.1, 0.15) is 5.82 Å². The number of imidazole rings is 1. The Hall–Kier alpha value is -2.88.